The molecule has 1 heterocycles. The van der Waals surface area contributed by atoms with Gasteiger partial charge in [0.25, 0.3) is 0 Å². The van der Waals surface area contributed by atoms with E-state index in [1.807, 2.05) is 41.2 Å². The van der Waals surface area contributed by atoms with Gasteiger partial charge in [0.05, 0.1) is 10.6 Å². The van der Waals surface area contributed by atoms with Crippen LogP contribution in [-0.2, 0) is 22.8 Å². The number of sulfone groups is 1. The first-order chi connectivity index (χ1) is 14.4. The van der Waals surface area contributed by atoms with Crippen molar-refractivity contribution in [3.63, 3.8) is 0 Å². The topological polar surface area (TPSA) is 52.0 Å². The highest BCUT2D eigenvalue weighted by molar-refractivity contribution is 7.90. The summed E-state index contributed by atoms with van der Waals surface area (Å²) in [5, 5.41) is 4.60. The minimum atomic E-state index is -3.49. The SMILES string of the molecule is CS(=O)(=O)c1cc(-c2ccn(CCc3ccccc3)n2)ccc1-c1ccc(F)cc1. The molecule has 0 spiro atoms. The van der Waals surface area contributed by atoms with Gasteiger partial charge in [-0.25, -0.2) is 12.8 Å². The van der Waals surface area contributed by atoms with Crippen molar-refractivity contribution in [3.8, 4) is 22.4 Å². The van der Waals surface area contributed by atoms with E-state index >= 15 is 0 Å². The summed E-state index contributed by atoms with van der Waals surface area (Å²) in [7, 11) is -3.49. The van der Waals surface area contributed by atoms with E-state index in [0.29, 0.717) is 16.8 Å². The normalized spacial score (nSPS) is 11.5. The second-order valence-electron chi connectivity index (χ2n) is 7.19. The Morgan fingerprint density at radius 3 is 2.30 bits per heavy atom. The molecule has 0 radical (unpaired) electrons. The molecular formula is C24H21FN2O2S. The number of hydrogen-bond donors (Lipinski definition) is 0. The Balaban J connectivity index is 1.64. The maximum absolute atomic E-state index is 13.3. The minimum Gasteiger partial charge on any atom is -0.272 e. The van der Waals surface area contributed by atoms with E-state index in [-0.39, 0.29) is 10.7 Å². The van der Waals surface area contributed by atoms with Crippen LogP contribution in [0.15, 0.2) is 90.0 Å². The molecule has 0 aliphatic rings. The molecule has 0 unspecified atom stereocenters. The quantitative estimate of drug-likeness (QED) is 0.441. The Hall–Kier alpha value is -3.25. The first-order valence-corrected chi connectivity index (χ1v) is 11.5. The molecule has 6 heteroatoms. The van der Waals surface area contributed by atoms with Crippen LogP contribution in [0.1, 0.15) is 5.56 Å². The lowest BCUT2D eigenvalue weighted by molar-refractivity contribution is 0.602. The highest BCUT2D eigenvalue weighted by Gasteiger charge is 2.17. The number of benzene rings is 3. The molecule has 0 fully saturated rings. The molecular weight excluding hydrogens is 399 g/mol. The Morgan fingerprint density at radius 1 is 0.900 bits per heavy atom. The summed E-state index contributed by atoms with van der Waals surface area (Å²) in [6.07, 6.45) is 3.93. The van der Waals surface area contributed by atoms with Crippen LogP contribution < -0.4 is 0 Å². The Bertz CT molecular complexity index is 1260. The van der Waals surface area contributed by atoms with Gasteiger partial charge in [0.1, 0.15) is 5.82 Å². The zero-order valence-corrected chi connectivity index (χ0v) is 17.3. The molecule has 0 N–H and O–H groups in total. The highest BCUT2D eigenvalue weighted by atomic mass is 32.2. The molecule has 0 aliphatic heterocycles. The smallest absolute Gasteiger partial charge is 0.176 e. The monoisotopic (exact) mass is 420 g/mol. The third-order valence-electron chi connectivity index (χ3n) is 4.95. The van der Waals surface area contributed by atoms with Crippen molar-refractivity contribution in [1.29, 1.82) is 0 Å². The fourth-order valence-electron chi connectivity index (χ4n) is 3.38. The zero-order valence-electron chi connectivity index (χ0n) is 16.5. The van der Waals surface area contributed by atoms with E-state index in [4.69, 9.17) is 0 Å². The van der Waals surface area contributed by atoms with Gasteiger partial charge in [0, 0.05) is 30.1 Å². The van der Waals surface area contributed by atoms with Gasteiger partial charge < -0.3 is 0 Å². The van der Waals surface area contributed by atoms with Crippen molar-refractivity contribution >= 4 is 9.84 Å². The van der Waals surface area contributed by atoms with Crippen LogP contribution in [0, 0.1) is 5.82 Å². The summed E-state index contributed by atoms with van der Waals surface area (Å²) < 4.78 is 40.0. The fraction of sp³-hybridized carbons (Fsp3) is 0.125. The number of halogens is 1. The van der Waals surface area contributed by atoms with Crippen LogP contribution >= 0.6 is 0 Å². The van der Waals surface area contributed by atoms with E-state index in [1.165, 1.54) is 24.0 Å². The molecule has 1 aromatic heterocycles. The second kappa shape index (κ2) is 8.24. The van der Waals surface area contributed by atoms with E-state index < -0.39 is 9.84 Å². The number of nitrogens with zero attached hydrogens (tertiary/aromatic N) is 2. The average Bonchev–Trinajstić information content (AvgIpc) is 3.22. The molecule has 0 bridgehead atoms. The van der Waals surface area contributed by atoms with Crippen molar-refractivity contribution in [2.45, 2.75) is 17.9 Å². The van der Waals surface area contributed by atoms with Crippen LogP contribution in [0.2, 0.25) is 0 Å². The summed E-state index contributed by atoms with van der Waals surface area (Å²) in [6, 6.07) is 23.1. The maximum atomic E-state index is 13.3. The van der Waals surface area contributed by atoms with Crippen molar-refractivity contribution in [2.75, 3.05) is 6.26 Å². The summed E-state index contributed by atoms with van der Waals surface area (Å²) in [6.45, 7) is 0.733. The van der Waals surface area contributed by atoms with Crippen LogP contribution in [0.3, 0.4) is 0 Å². The maximum Gasteiger partial charge on any atom is 0.176 e. The largest absolute Gasteiger partial charge is 0.272 e. The highest BCUT2D eigenvalue weighted by Crippen LogP contribution is 2.31. The van der Waals surface area contributed by atoms with Crippen LogP contribution in [-0.4, -0.2) is 24.5 Å². The van der Waals surface area contributed by atoms with Gasteiger partial charge in [-0.2, -0.15) is 5.10 Å². The third-order valence-corrected chi connectivity index (χ3v) is 6.08. The number of rotatable bonds is 6. The summed E-state index contributed by atoms with van der Waals surface area (Å²) in [5.74, 6) is -0.364. The molecule has 0 amide bonds. The third kappa shape index (κ3) is 4.49. The molecule has 30 heavy (non-hydrogen) atoms. The molecule has 4 nitrogen and oxygen atoms in total. The molecule has 4 aromatic rings. The molecule has 152 valence electrons. The Kier molecular flexibility index (Phi) is 5.50. The Labute approximate surface area is 175 Å². The van der Waals surface area contributed by atoms with Crippen LogP contribution in [0.25, 0.3) is 22.4 Å². The van der Waals surface area contributed by atoms with Gasteiger partial charge in [-0.15, -0.1) is 0 Å². The predicted molar refractivity (Wildman–Crippen MR) is 116 cm³/mol. The van der Waals surface area contributed by atoms with Crippen molar-refractivity contribution < 1.29 is 12.8 Å². The second-order valence-corrected chi connectivity index (χ2v) is 9.17. The number of aromatic nitrogens is 2. The standard InChI is InChI=1S/C24H21FN2O2S/c1-30(28,29)24-17-20(9-12-22(24)19-7-10-21(25)11-8-19)23-14-16-27(26-23)15-13-18-5-3-2-4-6-18/h2-12,14,16-17H,13,15H2,1H3. The first kappa shape index (κ1) is 20.0. The van der Waals surface area contributed by atoms with Gasteiger partial charge in [-0.1, -0.05) is 54.6 Å². The van der Waals surface area contributed by atoms with Gasteiger partial charge >= 0.3 is 0 Å². The predicted octanol–water partition coefficient (Wildman–Crippen LogP) is 5.00. The molecule has 3 aromatic carbocycles. The van der Waals surface area contributed by atoms with Crippen LogP contribution in [0.5, 0.6) is 0 Å². The summed E-state index contributed by atoms with van der Waals surface area (Å²) in [5.41, 5.74) is 3.86. The molecule has 0 aliphatic carbocycles. The number of hydrogen-bond acceptors (Lipinski definition) is 3. The lowest BCUT2D eigenvalue weighted by Crippen LogP contribution is -2.03. The molecule has 4 rings (SSSR count). The first-order valence-electron chi connectivity index (χ1n) is 9.58. The van der Waals surface area contributed by atoms with E-state index in [1.54, 1.807) is 24.3 Å². The summed E-state index contributed by atoms with van der Waals surface area (Å²) in [4.78, 5) is 0.199. The molecule has 0 atom stereocenters. The van der Waals surface area contributed by atoms with E-state index in [0.717, 1.165) is 18.5 Å². The van der Waals surface area contributed by atoms with Gasteiger partial charge in [0.15, 0.2) is 9.84 Å². The van der Waals surface area contributed by atoms with E-state index in [9.17, 15) is 12.8 Å². The van der Waals surface area contributed by atoms with E-state index in [2.05, 4.69) is 17.2 Å². The minimum absolute atomic E-state index is 0.199. The Morgan fingerprint density at radius 2 is 1.60 bits per heavy atom. The fourth-order valence-corrected chi connectivity index (χ4v) is 4.31. The average molecular weight is 421 g/mol. The van der Waals surface area contributed by atoms with Gasteiger partial charge in [-0.3, -0.25) is 4.68 Å². The van der Waals surface area contributed by atoms with Gasteiger partial charge in [-0.05, 0) is 41.8 Å². The lowest BCUT2D eigenvalue weighted by Gasteiger charge is -2.10. The van der Waals surface area contributed by atoms with Crippen molar-refractivity contribution in [3.05, 3.63) is 96.4 Å². The molecule has 0 saturated carbocycles. The van der Waals surface area contributed by atoms with Crippen molar-refractivity contribution in [1.82, 2.24) is 9.78 Å². The zero-order chi connectivity index (χ0) is 21.1. The lowest BCUT2D eigenvalue weighted by atomic mass is 10.0. The summed E-state index contributed by atoms with van der Waals surface area (Å²) >= 11 is 0. The van der Waals surface area contributed by atoms with Crippen molar-refractivity contribution in [2.24, 2.45) is 0 Å². The van der Waals surface area contributed by atoms with Crippen LogP contribution in [0.4, 0.5) is 4.39 Å². The number of aryl methyl sites for hydroxylation is 2. The van der Waals surface area contributed by atoms with Gasteiger partial charge in [0.2, 0.25) is 0 Å². The molecule has 0 saturated heterocycles.